The van der Waals surface area contributed by atoms with Gasteiger partial charge >= 0.3 is 0 Å². The van der Waals surface area contributed by atoms with Crippen LogP contribution in [0.1, 0.15) is 57.1 Å². The van der Waals surface area contributed by atoms with Crippen molar-refractivity contribution in [1.29, 1.82) is 0 Å². The average molecular weight is 449 g/mol. The Bertz CT molecular complexity index is 1530. The molecule has 0 bridgehead atoms. The van der Waals surface area contributed by atoms with Crippen LogP contribution in [0.2, 0.25) is 0 Å². The molecule has 172 valence electrons. The van der Waals surface area contributed by atoms with Crippen molar-refractivity contribution >= 4 is 22.5 Å². The summed E-state index contributed by atoms with van der Waals surface area (Å²) in [4.78, 5) is 0. The maximum Gasteiger partial charge on any atom is 0.217 e. The van der Waals surface area contributed by atoms with Crippen LogP contribution in [-0.4, -0.2) is 0 Å². The van der Waals surface area contributed by atoms with Crippen LogP contribution >= 0.6 is 0 Å². The highest BCUT2D eigenvalue weighted by Crippen LogP contribution is 2.35. The molecule has 0 spiro atoms. The largest absolute Gasteiger partial charge is 0.663 e. The van der Waals surface area contributed by atoms with E-state index in [1.807, 2.05) is 29.0 Å². The molecule has 0 amide bonds. The second-order valence-electron chi connectivity index (χ2n) is 10.7. The van der Waals surface area contributed by atoms with Gasteiger partial charge in [-0.15, -0.1) is 5.70 Å². The third kappa shape index (κ3) is 3.96. The van der Waals surface area contributed by atoms with Gasteiger partial charge in [0.05, 0.1) is 6.26 Å². The number of hydrogen-bond donors (Lipinski definition) is 0. The summed E-state index contributed by atoms with van der Waals surface area (Å²) in [7, 11) is 0. The first-order valence-electron chi connectivity index (χ1n) is 12.0. The zero-order valence-electron chi connectivity index (χ0n) is 20.7. The molecule has 3 heteroatoms. The predicted molar refractivity (Wildman–Crippen MR) is 141 cm³/mol. The molecule has 4 aromatic rings. The van der Waals surface area contributed by atoms with E-state index in [1.54, 1.807) is 0 Å². The van der Waals surface area contributed by atoms with Crippen LogP contribution in [-0.2, 0) is 11.8 Å². The van der Waals surface area contributed by atoms with Crippen molar-refractivity contribution in [3.05, 3.63) is 107 Å². The fraction of sp³-hybridized carbons (Fsp3) is 0.258. The van der Waals surface area contributed by atoms with Crippen LogP contribution < -0.4 is 9.46 Å². The molecule has 0 saturated carbocycles. The van der Waals surface area contributed by atoms with E-state index >= 15 is 0 Å². The molecule has 0 atom stereocenters. The molecule has 2 aromatic carbocycles. The SMILES string of the molecule is C=[n+]1ccc(=C2[N-]C=Cc3occ(CC(C)C)c32)cc1-c1cc(C(C)(C)C)c2ccccc2c1. The molecule has 2 aromatic heterocycles. The van der Waals surface area contributed by atoms with Gasteiger partial charge < -0.3 is 9.73 Å². The standard InChI is InChI=1S/C31H32N2O/c1-20(2)15-24-19-34-28-11-13-32-30(29(24)28)22-12-14-33(6)27(18-22)23-16-21-9-7-8-10-25(21)26(17-23)31(3,4)5/h7-14,16-20H,6,15H2,1-5H3. The third-order valence-electron chi connectivity index (χ3n) is 6.46. The van der Waals surface area contributed by atoms with Gasteiger partial charge in [0.2, 0.25) is 5.69 Å². The van der Waals surface area contributed by atoms with Crippen molar-refractivity contribution in [2.45, 2.75) is 46.5 Å². The van der Waals surface area contributed by atoms with Crippen LogP contribution in [0.3, 0.4) is 0 Å². The quantitative estimate of drug-likeness (QED) is 0.310. The van der Waals surface area contributed by atoms with Gasteiger partial charge in [-0.1, -0.05) is 58.9 Å². The van der Waals surface area contributed by atoms with Crippen LogP contribution in [0, 0.1) is 12.6 Å². The molecule has 34 heavy (non-hydrogen) atoms. The Labute approximate surface area is 201 Å². The minimum Gasteiger partial charge on any atom is -0.663 e. The molecule has 3 heterocycles. The highest BCUT2D eigenvalue weighted by atomic mass is 16.3. The first kappa shape index (κ1) is 22.2. The van der Waals surface area contributed by atoms with Gasteiger partial charge in [-0.2, -0.15) is 10.4 Å². The summed E-state index contributed by atoms with van der Waals surface area (Å²) in [5.74, 6) is 1.42. The van der Waals surface area contributed by atoms with E-state index in [0.29, 0.717) is 5.92 Å². The molecule has 0 radical (unpaired) electrons. The molecule has 0 saturated heterocycles. The summed E-state index contributed by atoms with van der Waals surface area (Å²) >= 11 is 0. The lowest BCUT2D eigenvalue weighted by atomic mass is 9.82. The second kappa shape index (κ2) is 8.32. The van der Waals surface area contributed by atoms with Gasteiger partial charge in [0.1, 0.15) is 12.5 Å². The Hall–Kier alpha value is -3.59. The van der Waals surface area contributed by atoms with Gasteiger partial charge in [0.15, 0.2) is 6.20 Å². The third-order valence-corrected chi connectivity index (χ3v) is 6.46. The van der Waals surface area contributed by atoms with E-state index in [1.165, 1.54) is 21.9 Å². The zero-order valence-corrected chi connectivity index (χ0v) is 20.7. The number of hydrogen-bond acceptors (Lipinski definition) is 1. The Morgan fingerprint density at radius 1 is 1.06 bits per heavy atom. The minimum atomic E-state index is 0.0227. The van der Waals surface area contributed by atoms with E-state index in [4.69, 9.17) is 9.73 Å². The van der Waals surface area contributed by atoms with Gasteiger partial charge in [-0.05, 0) is 63.1 Å². The van der Waals surface area contributed by atoms with Crippen LogP contribution in [0.5, 0.6) is 0 Å². The van der Waals surface area contributed by atoms with Crippen LogP contribution in [0.4, 0.5) is 0 Å². The monoisotopic (exact) mass is 448 g/mol. The lowest BCUT2D eigenvalue weighted by Gasteiger charge is -2.26. The first-order chi connectivity index (χ1) is 16.2. The summed E-state index contributed by atoms with van der Waals surface area (Å²) in [6.45, 7) is 15.6. The highest BCUT2D eigenvalue weighted by molar-refractivity contribution is 5.91. The summed E-state index contributed by atoms with van der Waals surface area (Å²) in [5.41, 5.74) is 6.85. The molecular weight excluding hydrogens is 416 g/mol. The zero-order chi connectivity index (χ0) is 24.0. The van der Waals surface area contributed by atoms with Crippen molar-refractivity contribution in [1.82, 2.24) is 0 Å². The first-order valence-corrected chi connectivity index (χ1v) is 12.0. The number of rotatable bonds is 3. The normalized spacial score (nSPS) is 15.0. The molecule has 0 fully saturated rings. The molecule has 0 unspecified atom stereocenters. The van der Waals surface area contributed by atoms with E-state index in [2.05, 4.69) is 89.9 Å². The molecule has 0 N–H and O–H groups in total. The minimum absolute atomic E-state index is 0.0227. The van der Waals surface area contributed by atoms with Gasteiger partial charge in [0.25, 0.3) is 0 Å². The number of benzene rings is 2. The number of aromatic nitrogens is 1. The van der Waals surface area contributed by atoms with Gasteiger partial charge in [-0.3, -0.25) is 0 Å². The summed E-state index contributed by atoms with van der Waals surface area (Å²) in [6, 6.07) is 17.5. The summed E-state index contributed by atoms with van der Waals surface area (Å²) < 4.78 is 7.84. The van der Waals surface area contributed by atoms with E-state index in [9.17, 15) is 0 Å². The van der Waals surface area contributed by atoms with Crippen molar-refractivity contribution in [3.8, 4) is 11.3 Å². The van der Waals surface area contributed by atoms with Crippen molar-refractivity contribution in [3.63, 3.8) is 0 Å². The van der Waals surface area contributed by atoms with Gasteiger partial charge in [0, 0.05) is 23.3 Å². The number of furan rings is 1. The average Bonchev–Trinajstić information content (AvgIpc) is 3.20. The summed E-state index contributed by atoms with van der Waals surface area (Å²) in [6.07, 6.45) is 8.66. The molecule has 1 aliphatic heterocycles. The highest BCUT2D eigenvalue weighted by Gasteiger charge is 2.21. The predicted octanol–water partition coefficient (Wildman–Crippen LogP) is 7.04. The molecule has 3 nitrogen and oxygen atoms in total. The van der Waals surface area contributed by atoms with Crippen LogP contribution in [0.15, 0.2) is 71.6 Å². The maximum absolute atomic E-state index is 5.89. The lowest BCUT2D eigenvalue weighted by molar-refractivity contribution is -0.486. The number of nitrogens with zero attached hydrogens (tertiary/aromatic N) is 2. The summed E-state index contributed by atoms with van der Waals surface area (Å²) in [5, 5.41) is 8.41. The Morgan fingerprint density at radius 2 is 1.85 bits per heavy atom. The molecular formula is C31H32N2O. The fourth-order valence-corrected chi connectivity index (χ4v) is 4.86. The molecule has 5 rings (SSSR count). The topological polar surface area (TPSA) is 33.1 Å². The fourth-order valence-electron chi connectivity index (χ4n) is 4.86. The van der Waals surface area contributed by atoms with E-state index in [0.717, 1.165) is 39.9 Å². The van der Waals surface area contributed by atoms with E-state index < -0.39 is 0 Å². The van der Waals surface area contributed by atoms with Crippen molar-refractivity contribution < 1.29 is 8.66 Å². The Balaban J connectivity index is 1.75. The Morgan fingerprint density at radius 3 is 2.62 bits per heavy atom. The van der Waals surface area contributed by atoms with Gasteiger partial charge in [-0.25, -0.2) is 0 Å². The number of fused-ring (bicyclic) bond motifs is 2. The molecule has 1 aliphatic rings. The van der Waals surface area contributed by atoms with Crippen molar-refractivity contribution in [2.24, 2.45) is 5.92 Å². The second-order valence-corrected chi connectivity index (χ2v) is 10.7. The maximum atomic E-state index is 5.89. The molecule has 0 aliphatic carbocycles. The van der Waals surface area contributed by atoms with Crippen molar-refractivity contribution in [2.75, 3.05) is 0 Å². The lowest BCUT2D eigenvalue weighted by Crippen LogP contribution is -2.22. The number of pyridine rings is 1. The van der Waals surface area contributed by atoms with E-state index in [-0.39, 0.29) is 5.41 Å². The smallest absolute Gasteiger partial charge is 0.217 e. The van der Waals surface area contributed by atoms with Crippen LogP contribution in [0.25, 0.3) is 39.1 Å². The Kier molecular flexibility index (Phi) is 5.44.